The Morgan fingerprint density at radius 1 is 1.44 bits per heavy atom. The molecule has 0 saturated heterocycles. The SMILES string of the molecule is COCC(O)CNc1ccc(Br)c(OC)c1. The molecule has 0 aliphatic rings. The fourth-order valence-electron chi connectivity index (χ4n) is 1.26. The molecule has 1 aromatic carbocycles. The van der Waals surface area contributed by atoms with Crippen LogP contribution in [0.15, 0.2) is 22.7 Å². The maximum atomic E-state index is 9.46. The standard InChI is InChI=1S/C11H16BrNO3/c1-15-7-9(14)6-13-8-3-4-10(12)11(5-8)16-2/h3-5,9,13-14H,6-7H2,1-2H3. The number of halogens is 1. The van der Waals surface area contributed by atoms with Gasteiger partial charge < -0.3 is 19.9 Å². The minimum Gasteiger partial charge on any atom is -0.495 e. The molecule has 16 heavy (non-hydrogen) atoms. The van der Waals surface area contributed by atoms with Gasteiger partial charge in [-0.3, -0.25) is 0 Å². The van der Waals surface area contributed by atoms with Crippen molar-refractivity contribution in [2.24, 2.45) is 0 Å². The van der Waals surface area contributed by atoms with Gasteiger partial charge in [-0.05, 0) is 28.1 Å². The van der Waals surface area contributed by atoms with E-state index in [1.165, 1.54) is 0 Å². The van der Waals surface area contributed by atoms with Crippen LogP contribution in [0.5, 0.6) is 5.75 Å². The van der Waals surface area contributed by atoms with Crippen molar-refractivity contribution in [3.05, 3.63) is 22.7 Å². The monoisotopic (exact) mass is 289 g/mol. The normalized spacial score (nSPS) is 12.2. The second kappa shape index (κ2) is 6.73. The van der Waals surface area contributed by atoms with E-state index in [9.17, 15) is 5.11 Å². The zero-order valence-corrected chi connectivity index (χ0v) is 11.0. The summed E-state index contributed by atoms with van der Waals surface area (Å²) in [6.45, 7) is 0.763. The number of benzene rings is 1. The van der Waals surface area contributed by atoms with Crippen LogP contribution in [0.4, 0.5) is 5.69 Å². The molecule has 5 heteroatoms. The van der Waals surface area contributed by atoms with E-state index in [0.29, 0.717) is 13.2 Å². The first-order valence-corrected chi connectivity index (χ1v) is 5.71. The zero-order chi connectivity index (χ0) is 12.0. The van der Waals surface area contributed by atoms with Crippen LogP contribution >= 0.6 is 15.9 Å². The van der Waals surface area contributed by atoms with Crippen molar-refractivity contribution in [3.8, 4) is 5.75 Å². The lowest BCUT2D eigenvalue weighted by Crippen LogP contribution is -2.24. The minimum atomic E-state index is -0.514. The Kier molecular flexibility index (Phi) is 5.59. The molecule has 1 unspecified atom stereocenters. The molecule has 0 aromatic heterocycles. The number of ether oxygens (including phenoxy) is 2. The Morgan fingerprint density at radius 2 is 2.19 bits per heavy atom. The molecule has 1 aromatic rings. The maximum Gasteiger partial charge on any atom is 0.135 e. The highest BCUT2D eigenvalue weighted by atomic mass is 79.9. The molecule has 0 heterocycles. The van der Waals surface area contributed by atoms with Gasteiger partial charge in [-0.1, -0.05) is 0 Å². The van der Waals surface area contributed by atoms with E-state index in [0.717, 1.165) is 15.9 Å². The Labute approximate surface area is 104 Å². The van der Waals surface area contributed by atoms with Gasteiger partial charge in [0, 0.05) is 25.4 Å². The summed E-state index contributed by atoms with van der Waals surface area (Å²) in [5, 5.41) is 12.6. The summed E-state index contributed by atoms with van der Waals surface area (Å²) in [6, 6.07) is 5.67. The third-order valence-corrected chi connectivity index (χ3v) is 2.71. The Hall–Kier alpha value is -0.780. The number of methoxy groups -OCH3 is 2. The zero-order valence-electron chi connectivity index (χ0n) is 9.37. The molecule has 0 aliphatic carbocycles. The second-order valence-corrected chi connectivity index (χ2v) is 4.19. The van der Waals surface area contributed by atoms with Gasteiger partial charge >= 0.3 is 0 Å². The fourth-order valence-corrected chi connectivity index (χ4v) is 1.67. The lowest BCUT2D eigenvalue weighted by atomic mass is 10.3. The molecule has 90 valence electrons. The molecule has 0 bridgehead atoms. The molecule has 0 radical (unpaired) electrons. The number of aliphatic hydroxyl groups is 1. The fraction of sp³-hybridized carbons (Fsp3) is 0.455. The topological polar surface area (TPSA) is 50.7 Å². The van der Waals surface area contributed by atoms with Crippen LogP contribution in [0.25, 0.3) is 0 Å². The van der Waals surface area contributed by atoms with Crippen LogP contribution in [0.2, 0.25) is 0 Å². The Bertz CT molecular complexity index is 333. The van der Waals surface area contributed by atoms with E-state index in [-0.39, 0.29) is 0 Å². The summed E-state index contributed by atoms with van der Waals surface area (Å²) >= 11 is 3.37. The highest BCUT2D eigenvalue weighted by molar-refractivity contribution is 9.10. The molecule has 1 atom stereocenters. The first-order chi connectivity index (χ1) is 7.67. The summed E-state index contributed by atoms with van der Waals surface area (Å²) in [7, 11) is 3.18. The molecule has 2 N–H and O–H groups in total. The highest BCUT2D eigenvalue weighted by Gasteiger charge is 2.05. The van der Waals surface area contributed by atoms with Crippen molar-refractivity contribution in [2.45, 2.75) is 6.10 Å². The van der Waals surface area contributed by atoms with Crippen LogP contribution in [0, 0.1) is 0 Å². The van der Waals surface area contributed by atoms with Crippen LogP contribution < -0.4 is 10.1 Å². The van der Waals surface area contributed by atoms with Gasteiger partial charge in [0.2, 0.25) is 0 Å². The Morgan fingerprint density at radius 3 is 2.81 bits per heavy atom. The van der Waals surface area contributed by atoms with Gasteiger partial charge in [0.25, 0.3) is 0 Å². The van der Waals surface area contributed by atoms with E-state index in [2.05, 4.69) is 21.2 Å². The van der Waals surface area contributed by atoms with Gasteiger partial charge in [-0.25, -0.2) is 0 Å². The smallest absolute Gasteiger partial charge is 0.135 e. The summed E-state index contributed by atoms with van der Waals surface area (Å²) < 4.78 is 10.9. The van der Waals surface area contributed by atoms with Crippen molar-refractivity contribution < 1.29 is 14.6 Å². The number of nitrogens with one attached hydrogen (secondary N) is 1. The van der Waals surface area contributed by atoms with Crippen LogP contribution in [0.3, 0.4) is 0 Å². The quantitative estimate of drug-likeness (QED) is 0.840. The second-order valence-electron chi connectivity index (χ2n) is 3.34. The number of anilines is 1. The minimum absolute atomic E-state index is 0.320. The van der Waals surface area contributed by atoms with Gasteiger partial charge in [-0.2, -0.15) is 0 Å². The number of hydrogen-bond acceptors (Lipinski definition) is 4. The van der Waals surface area contributed by atoms with Crippen LogP contribution in [0.1, 0.15) is 0 Å². The average Bonchev–Trinajstić information content (AvgIpc) is 2.28. The maximum absolute atomic E-state index is 9.46. The lowest BCUT2D eigenvalue weighted by molar-refractivity contribution is 0.0727. The summed E-state index contributed by atoms with van der Waals surface area (Å²) in [5.74, 6) is 0.756. The van der Waals surface area contributed by atoms with E-state index in [1.807, 2.05) is 18.2 Å². The predicted molar refractivity (Wildman–Crippen MR) is 67.1 cm³/mol. The van der Waals surface area contributed by atoms with Crippen molar-refractivity contribution in [2.75, 3.05) is 32.7 Å². The third-order valence-electron chi connectivity index (χ3n) is 2.05. The third kappa shape index (κ3) is 4.00. The lowest BCUT2D eigenvalue weighted by Gasteiger charge is -2.13. The largest absolute Gasteiger partial charge is 0.495 e. The first kappa shape index (κ1) is 13.3. The molecule has 0 fully saturated rings. The molecular formula is C11H16BrNO3. The molecule has 0 saturated carbocycles. The van der Waals surface area contributed by atoms with E-state index < -0.39 is 6.10 Å². The van der Waals surface area contributed by atoms with Gasteiger partial charge in [-0.15, -0.1) is 0 Å². The van der Waals surface area contributed by atoms with E-state index >= 15 is 0 Å². The first-order valence-electron chi connectivity index (χ1n) is 4.91. The average molecular weight is 290 g/mol. The van der Waals surface area contributed by atoms with Gasteiger partial charge in [0.05, 0.1) is 24.3 Å². The van der Waals surface area contributed by atoms with E-state index in [1.54, 1.807) is 14.2 Å². The van der Waals surface area contributed by atoms with Gasteiger partial charge in [0.15, 0.2) is 0 Å². The van der Waals surface area contributed by atoms with Crippen molar-refractivity contribution in [1.82, 2.24) is 0 Å². The molecule has 0 amide bonds. The van der Waals surface area contributed by atoms with Gasteiger partial charge in [0.1, 0.15) is 5.75 Å². The van der Waals surface area contributed by atoms with Crippen molar-refractivity contribution in [3.63, 3.8) is 0 Å². The summed E-state index contributed by atoms with van der Waals surface area (Å²) in [4.78, 5) is 0. The molecule has 1 rings (SSSR count). The molecular weight excluding hydrogens is 274 g/mol. The van der Waals surface area contributed by atoms with Crippen molar-refractivity contribution in [1.29, 1.82) is 0 Å². The predicted octanol–water partition coefficient (Wildman–Crippen LogP) is 1.88. The number of hydrogen-bond donors (Lipinski definition) is 2. The van der Waals surface area contributed by atoms with E-state index in [4.69, 9.17) is 9.47 Å². The number of rotatable bonds is 6. The van der Waals surface area contributed by atoms with Crippen LogP contribution in [-0.4, -0.2) is 38.6 Å². The van der Waals surface area contributed by atoms with Crippen LogP contribution in [-0.2, 0) is 4.74 Å². The number of aliphatic hydroxyl groups excluding tert-OH is 1. The Balaban J connectivity index is 2.54. The molecule has 4 nitrogen and oxygen atoms in total. The van der Waals surface area contributed by atoms with Crippen molar-refractivity contribution >= 4 is 21.6 Å². The summed E-state index contributed by atoms with van der Waals surface area (Å²) in [5.41, 5.74) is 0.898. The molecule has 0 aliphatic heterocycles. The summed E-state index contributed by atoms with van der Waals surface area (Å²) in [6.07, 6.45) is -0.514. The highest BCUT2D eigenvalue weighted by Crippen LogP contribution is 2.27. The molecule has 0 spiro atoms.